The molecule has 1 aliphatic heterocycles. The van der Waals surface area contributed by atoms with Crippen LogP contribution >= 0.6 is 23.2 Å². The highest BCUT2D eigenvalue weighted by molar-refractivity contribution is 6.39. The van der Waals surface area contributed by atoms with Crippen LogP contribution in [-0.2, 0) is 9.59 Å². The third kappa shape index (κ3) is 2.71. The van der Waals surface area contributed by atoms with E-state index < -0.39 is 23.8 Å². The quantitative estimate of drug-likeness (QED) is 0.852. The van der Waals surface area contributed by atoms with Crippen molar-refractivity contribution in [3.8, 4) is 0 Å². The van der Waals surface area contributed by atoms with E-state index in [9.17, 15) is 14.4 Å². The van der Waals surface area contributed by atoms with Gasteiger partial charge in [0.25, 0.3) is 5.91 Å². The van der Waals surface area contributed by atoms with Crippen LogP contribution < -0.4 is 5.32 Å². The molecule has 1 aromatic rings. The van der Waals surface area contributed by atoms with E-state index in [0.717, 1.165) is 4.90 Å². The molecule has 0 radical (unpaired) electrons. The van der Waals surface area contributed by atoms with Gasteiger partial charge in [-0.2, -0.15) is 0 Å². The van der Waals surface area contributed by atoms with Gasteiger partial charge in [-0.1, -0.05) is 29.3 Å². The molecule has 20 heavy (non-hydrogen) atoms. The maximum atomic E-state index is 12.4. The number of halogens is 2. The molecule has 0 aliphatic carbocycles. The molecule has 6 nitrogen and oxygen atoms in total. The number of carbonyl (C=O) groups is 3. The van der Waals surface area contributed by atoms with Crippen LogP contribution in [0, 0.1) is 0 Å². The van der Waals surface area contributed by atoms with Gasteiger partial charge in [0.15, 0.2) is 0 Å². The Balaban J connectivity index is 2.39. The average Bonchev–Trinajstić information content (AvgIpc) is 2.37. The molecule has 0 spiro atoms. The fourth-order valence-electron chi connectivity index (χ4n) is 1.92. The van der Waals surface area contributed by atoms with Gasteiger partial charge < -0.3 is 15.3 Å². The molecule has 2 N–H and O–H groups in total. The highest BCUT2D eigenvalue weighted by Gasteiger charge is 2.36. The highest BCUT2D eigenvalue weighted by atomic mass is 35.5. The second-order valence-electron chi connectivity index (χ2n) is 4.19. The lowest BCUT2D eigenvalue weighted by Crippen LogP contribution is -2.59. The smallest absolute Gasteiger partial charge is 0.328 e. The Kier molecular flexibility index (Phi) is 4.15. The van der Waals surface area contributed by atoms with Crippen molar-refractivity contribution in [1.82, 2.24) is 10.2 Å². The number of nitrogens with zero attached hydrogens (tertiary/aromatic N) is 1. The Morgan fingerprint density at radius 3 is 2.45 bits per heavy atom. The van der Waals surface area contributed by atoms with Gasteiger partial charge in [-0.3, -0.25) is 9.59 Å². The molecule has 0 aromatic heterocycles. The van der Waals surface area contributed by atoms with Crippen molar-refractivity contribution in [2.75, 3.05) is 13.1 Å². The van der Waals surface area contributed by atoms with Crippen LogP contribution in [0.3, 0.4) is 0 Å². The lowest BCUT2D eigenvalue weighted by molar-refractivity contribution is -0.144. The molecule has 0 saturated carbocycles. The van der Waals surface area contributed by atoms with Gasteiger partial charge in [0, 0.05) is 6.54 Å². The maximum Gasteiger partial charge on any atom is 0.328 e. The molecule has 1 saturated heterocycles. The Bertz CT molecular complexity index is 571. The lowest BCUT2D eigenvalue weighted by Gasteiger charge is -2.33. The molecule has 1 aromatic carbocycles. The number of carboxylic acids is 1. The molecule has 1 fully saturated rings. The van der Waals surface area contributed by atoms with Gasteiger partial charge in [0.05, 0.1) is 15.6 Å². The van der Waals surface area contributed by atoms with E-state index in [-0.39, 0.29) is 28.7 Å². The number of carboxylic acid groups (broad SMARTS) is 1. The predicted octanol–water partition coefficient (Wildman–Crippen LogP) is 1.02. The summed E-state index contributed by atoms with van der Waals surface area (Å²) < 4.78 is 0. The van der Waals surface area contributed by atoms with Gasteiger partial charge in [-0.25, -0.2) is 4.79 Å². The number of hydrogen-bond donors (Lipinski definition) is 2. The van der Waals surface area contributed by atoms with E-state index in [1.165, 1.54) is 12.1 Å². The molecule has 8 heteroatoms. The second kappa shape index (κ2) is 5.68. The van der Waals surface area contributed by atoms with Gasteiger partial charge in [0.1, 0.15) is 12.6 Å². The monoisotopic (exact) mass is 316 g/mol. The zero-order chi connectivity index (χ0) is 14.9. The number of amides is 2. The minimum Gasteiger partial charge on any atom is -0.480 e. The van der Waals surface area contributed by atoms with Crippen molar-refractivity contribution in [3.05, 3.63) is 33.8 Å². The van der Waals surface area contributed by atoms with Crippen LogP contribution in [0.15, 0.2) is 18.2 Å². The normalized spacial score (nSPS) is 18.6. The number of piperazine rings is 1. The molecule has 2 rings (SSSR count). The Morgan fingerprint density at radius 2 is 1.90 bits per heavy atom. The van der Waals surface area contributed by atoms with Crippen LogP contribution in [0.1, 0.15) is 10.4 Å². The molecule has 0 bridgehead atoms. The first-order chi connectivity index (χ1) is 9.41. The molecule has 2 amide bonds. The minimum atomic E-state index is -1.21. The number of aliphatic carboxylic acids is 1. The first-order valence-corrected chi connectivity index (χ1v) is 6.42. The summed E-state index contributed by atoms with van der Waals surface area (Å²) >= 11 is 11.9. The highest BCUT2D eigenvalue weighted by Crippen LogP contribution is 2.26. The molecule has 1 heterocycles. The van der Waals surface area contributed by atoms with Crippen molar-refractivity contribution in [2.45, 2.75) is 6.04 Å². The van der Waals surface area contributed by atoms with E-state index in [0.29, 0.717) is 0 Å². The average molecular weight is 317 g/mol. The van der Waals surface area contributed by atoms with E-state index in [1.54, 1.807) is 6.07 Å². The first kappa shape index (κ1) is 14.6. The summed E-state index contributed by atoms with van der Waals surface area (Å²) in [7, 11) is 0. The van der Waals surface area contributed by atoms with Crippen LogP contribution in [0.4, 0.5) is 0 Å². The molecule has 1 unspecified atom stereocenters. The maximum absolute atomic E-state index is 12.4. The Hall–Kier alpha value is -1.79. The molecule has 1 atom stereocenters. The Labute approximate surface area is 124 Å². The SMILES string of the molecule is O=C1CN(C(=O)c2c(Cl)cccc2Cl)C(C(=O)O)CN1. The summed E-state index contributed by atoms with van der Waals surface area (Å²) in [6.07, 6.45) is 0. The lowest BCUT2D eigenvalue weighted by atomic mass is 10.1. The van der Waals surface area contributed by atoms with Gasteiger partial charge in [-0.15, -0.1) is 0 Å². The number of rotatable bonds is 2. The fraction of sp³-hybridized carbons (Fsp3) is 0.250. The molecular formula is C12H10Cl2N2O4. The van der Waals surface area contributed by atoms with Gasteiger partial charge >= 0.3 is 5.97 Å². The summed E-state index contributed by atoms with van der Waals surface area (Å²) in [5, 5.41) is 11.7. The number of hydrogen-bond acceptors (Lipinski definition) is 3. The van der Waals surface area contributed by atoms with E-state index in [1.807, 2.05) is 0 Å². The van der Waals surface area contributed by atoms with Crippen molar-refractivity contribution in [1.29, 1.82) is 0 Å². The van der Waals surface area contributed by atoms with Gasteiger partial charge in [0.2, 0.25) is 5.91 Å². The van der Waals surface area contributed by atoms with Crippen molar-refractivity contribution in [3.63, 3.8) is 0 Å². The number of carbonyl (C=O) groups excluding carboxylic acids is 2. The number of benzene rings is 1. The van der Waals surface area contributed by atoms with E-state index in [2.05, 4.69) is 5.32 Å². The van der Waals surface area contributed by atoms with Crippen LogP contribution in [0.25, 0.3) is 0 Å². The summed E-state index contributed by atoms with van der Waals surface area (Å²) in [5.74, 6) is -2.32. The standard InChI is InChI=1S/C12H10Cl2N2O4/c13-6-2-1-3-7(14)10(6)11(18)16-5-9(17)15-4-8(16)12(19)20/h1-3,8H,4-5H2,(H,15,17)(H,19,20). The van der Waals surface area contributed by atoms with Crippen molar-refractivity contribution < 1.29 is 19.5 Å². The van der Waals surface area contributed by atoms with E-state index in [4.69, 9.17) is 28.3 Å². The fourth-order valence-corrected chi connectivity index (χ4v) is 2.48. The van der Waals surface area contributed by atoms with Crippen LogP contribution in [0.5, 0.6) is 0 Å². The summed E-state index contributed by atoms with van der Waals surface area (Å²) in [5.41, 5.74) is -0.00298. The van der Waals surface area contributed by atoms with Crippen LogP contribution in [0.2, 0.25) is 10.0 Å². The molecular weight excluding hydrogens is 307 g/mol. The summed E-state index contributed by atoms with van der Waals surface area (Å²) in [4.78, 5) is 35.9. The molecule has 106 valence electrons. The Morgan fingerprint density at radius 1 is 1.30 bits per heavy atom. The van der Waals surface area contributed by atoms with Crippen molar-refractivity contribution in [2.24, 2.45) is 0 Å². The second-order valence-corrected chi connectivity index (χ2v) is 5.00. The molecule has 1 aliphatic rings. The van der Waals surface area contributed by atoms with Gasteiger partial charge in [-0.05, 0) is 12.1 Å². The third-order valence-corrected chi connectivity index (χ3v) is 3.54. The van der Waals surface area contributed by atoms with E-state index >= 15 is 0 Å². The van der Waals surface area contributed by atoms with Crippen molar-refractivity contribution >= 4 is 41.0 Å². The third-order valence-electron chi connectivity index (χ3n) is 2.91. The largest absolute Gasteiger partial charge is 0.480 e. The zero-order valence-electron chi connectivity index (χ0n) is 10.1. The van der Waals surface area contributed by atoms with Crippen LogP contribution in [-0.4, -0.2) is 46.9 Å². The zero-order valence-corrected chi connectivity index (χ0v) is 11.6. The topological polar surface area (TPSA) is 86.7 Å². The number of nitrogens with one attached hydrogen (secondary N) is 1. The summed E-state index contributed by atoms with van der Waals surface area (Å²) in [6.45, 7) is -0.501. The predicted molar refractivity (Wildman–Crippen MR) is 71.9 cm³/mol. The minimum absolute atomic E-state index is 0.00298. The summed E-state index contributed by atoms with van der Waals surface area (Å²) in [6, 6.07) is 3.37. The first-order valence-electron chi connectivity index (χ1n) is 5.66.